The van der Waals surface area contributed by atoms with Crippen LogP contribution in [0.25, 0.3) is 5.65 Å². The van der Waals surface area contributed by atoms with Gasteiger partial charge < -0.3 is 25.0 Å². The number of hydrogen-bond donors (Lipinski definition) is 2. The van der Waals surface area contributed by atoms with E-state index in [4.69, 9.17) is 9.47 Å². The third-order valence-corrected chi connectivity index (χ3v) is 6.37. The molecule has 37 heavy (non-hydrogen) atoms. The number of likely N-dealkylation sites (tertiary alicyclic amines) is 1. The molecule has 1 saturated heterocycles. The Morgan fingerprint density at radius 2 is 2.03 bits per heavy atom. The standard InChI is InChI=1S/C27H29N7O3/c1-4-25(35)30-20-6-5-7-21(15-20)37-26-16-23(31-24-8-11-29-34(24)26)32-27-22(36-3)14-19(17-28-27)18-9-12-33(2)13-10-18/h4-8,11,14-18H,1,9-10,12-13H2,2-3H3,(H,30,35)(H,28,31,32). The maximum Gasteiger partial charge on any atom is 0.247 e. The quantitative estimate of drug-likeness (QED) is 0.339. The number of nitrogens with zero attached hydrogens (tertiary/aromatic N) is 5. The van der Waals surface area contributed by atoms with Crippen molar-refractivity contribution in [2.45, 2.75) is 18.8 Å². The summed E-state index contributed by atoms with van der Waals surface area (Å²) in [6, 6.07) is 12.6. The molecule has 1 aliphatic rings. The zero-order chi connectivity index (χ0) is 25.8. The molecule has 10 heteroatoms. The van der Waals surface area contributed by atoms with Crippen molar-refractivity contribution < 1.29 is 14.3 Å². The van der Waals surface area contributed by atoms with E-state index < -0.39 is 0 Å². The Morgan fingerprint density at radius 1 is 1.19 bits per heavy atom. The molecule has 1 aliphatic heterocycles. The maximum absolute atomic E-state index is 11.7. The largest absolute Gasteiger partial charge is 0.493 e. The molecule has 0 spiro atoms. The van der Waals surface area contributed by atoms with Gasteiger partial charge in [-0.2, -0.15) is 9.61 Å². The van der Waals surface area contributed by atoms with Gasteiger partial charge in [-0.3, -0.25) is 4.79 Å². The van der Waals surface area contributed by atoms with E-state index >= 15 is 0 Å². The van der Waals surface area contributed by atoms with Crippen LogP contribution in [0.2, 0.25) is 0 Å². The average Bonchev–Trinajstić information content (AvgIpc) is 3.39. The summed E-state index contributed by atoms with van der Waals surface area (Å²) in [5.41, 5.74) is 2.37. The fraction of sp³-hybridized carbons (Fsp3) is 0.259. The lowest BCUT2D eigenvalue weighted by molar-refractivity contribution is -0.111. The highest BCUT2D eigenvalue weighted by Gasteiger charge is 2.20. The molecule has 2 N–H and O–H groups in total. The Labute approximate surface area is 214 Å². The van der Waals surface area contributed by atoms with Crippen molar-refractivity contribution in [1.82, 2.24) is 24.5 Å². The lowest BCUT2D eigenvalue weighted by Crippen LogP contribution is -2.29. The highest BCUT2D eigenvalue weighted by molar-refractivity contribution is 5.98. The van der Waals surface area contributed by atoms with Crippen LogP contribution in [0.5, 0.6) is 17.4 Å². The Hall–Kier alpha value is -4.44. The molecule has 0 aliphatic carbocycles. The third-order valence-electron chi connectivity index (χ3n) is 6.37. The number of carbonyl (C=O) groups is 1. The van der Waals surface area contributed by atoms with Gasteiger partial charge in [0.05, 0.1) is 13.3 Å². The number of anilines is 3. The van der Waals surface area contributed by atoms with Gasteiger partial charge in [0.15, 0.2) is 17.2 Å². The van der Waals surface area contributed by atoms with E-state index in [1.165, 1.54) is 11.6 Å². The van der Waals surface area contributed by atoms with Gasteiger partial charge in [-0.15, -0.1) is 0 Å². The van der Waals surface area contributed by atoms with Gasteiger partial charge in [-0.1, -0.05) is 12.6 Å². The number of amides is 1. The predicted octanol–water partition coefficient (Wildman–Crippen LogP) is 4.60. The minimum atomic E-state index is -0.301. The first-order valence-corrected chi connectivity index (χ1v) is 12.1. The first kappa shape index (κ1) is 24.3. The van der Waals surface area contributed by atoms with Crippen LogP contribution < -0.4 is 20.1 Å². The molecule has 1 fully saturated rings. The van der Waals surface area contributed by atoms with Gasteiger partial charge in [-0.25, -0.2) is 9.97 Å². The van der Waals surface area contributed by atoms with Gasteiger partial charge in [-0.05, 0) is 68.7 Å². The van der Waals surface area contributed by atoms with Crippen molar-refractivity contribution in [3.8, 4) is 17.4 Å². The number of carbonyl (C=O) groups excluding carboxylic acids is 1. The Balaban J connectivity index is 1.40. The molecule has 0 radical (unpaired) electrons. The number of pyridine rings is 1. The molecule has 4 aromatic rings. The molecule has 3 aromatic heterocycles. The van der Waals surface area contributed by atoms with Crippen LogP contribution in [0.3, 0.4) is 0 Å². The summed E-state index contributed by atoms with van der Waals surface area (Å²) in [6.07, 6.45) is 6.98. The van der Waals surface area contributed by atoms with E-state index in [-0.39, 0.29) is 5.91 Å². The molecular formula is C27H29N7O3. The predicted molar refractivity (Wildman–Crippen MR) is 142 cm³/mol. The molecule has 0 saturated carbocycles. The van der Waals surface area contributed by atoms with E-state index in [0.29, 0.717) is 46.3 Å². The molecule has 1 aromatic carbocycles. The molecular weight excluding hydrogens is 470 g/mol. The second-order valence-corrected chi connectivity index (χ2v) is 8.93. The lowest BCUT2D eigenvalue weighted by atomic mass is 9.90. The summed E-state index contributed by atoms with van der Waals surface area (Å²) in [5.74, 6) is 2.87. The Kier molecular flexibility index (Phi) is 7.00. The molecule has 1 amide bonds. The van der Waals surface area contributed by atoms with Crippen LogP contribution >= 0.6 is 0 Å². The number of fused-ring (bicyclic) bond motifs is 1. The van der Waals surface area contributed by atoms with E-state index in [0.717, 1.165) is 25.9 Å². The number of rotatable bonds is 8. The summed E-state index contributed by atoms with van der Waals surface area (Å²) >= 11 is 0. The zero-order valence-corrected chi connectivity index (χ0v) is 20.8. The number of hydrogen-bond acceptors (Lipinski definition) is 8. The van der Waals surface area contributed by atoms with Crippen LogP contribution in [0.15, 0.2) is 67.5 Å². The zero-order valence-electron chi connectivity index (χ0n) is 20.8. The summed E-state index contributed by atoms with van der Waals surface area (Å²) in [7, 11) is 3.79. The topological polar surface area (TPSA) is 106 Å². The summed E-state index contributed by atoms with van der Waals surface area (Å²) in [5, 5.41) is 10.3. The first-order valence-electron chi connectivity index (χ1n) is 12.1. The van der Waals surface area contributed by atoms with Crippen molar-refractivity contribution in [3.05, 3.63) is 73.1 Å². The highest BCUT2D eigenvalue weighted by Crippen LogP contribution is 2.34. The minimum Gasteiger partial charge on any atom is -0.493 e. The van der Waals surface area contributed by atoms with E-state index in [1.807, 2.05) is 6.20 Å². The normalized spacial score (nSPS) is 14.3. The van der Waals surface area contributed by atoms with Crippen LogP contribution in [0.1, 0.15) is 24.3 Å². The molecule has 0 unspecified atom stereocenters. The van der Waals surface area contributed by atoms with E-state index in [1.54, 1.807) is 54.2 Å². The summed E-state index contributed by atoms with van der Waals surface area (Å²) in [6.45, 7) is 5.63. The van der Waals surface area contributed by atoms with E-state index in [9.17, 15) is 4.79 Å². The minimum absolute atomic E-state index is 0.301. The number of benzene rings is 1. The second kappa shape index (κ2) is 10.7. The average molecular weight is 500 g/mol. The lowest BCUT2D eigenvalue weighted by Gasteiger charge is -2.29. The SMILES string of the molecule is C=CC(=O)Nc1cccc(Oc2cc(Nc3ncc(C4CCN(C)CC4)cc3OC)nc3ccnn23)c1. The van der Waals surface area contributed by atoms with Crippen molar-refractivity contribution in [2.75, 3.05) is 37.9 Å². The van der Waals surface area contributed by atoms with Gasteiger partial charge in [0, 0.05) is 30.1 Å². The van der Waals surface area contributed by atoms with Crippen LogP contribution in [0, 0.1) is 0 Å². The number of nitrogens with one attached hydrogen (secondary N) is 2. The van der Waals surface area contributed by atoms with Gasteiger partial charge >= 0.3 is 0 Å². The molecule has 5 rings (SSSR count). The first-order chi connectivity index (χ1) is 18.0. The smallest absolute Gasteiger partial charge is 0.247 e. The van der Waals surface area contributed by atoms with Gasteiger partial charge in [0.1, 0.15) is 11.6 Å². The highest BCUT2D eigenvalue weighted by atomic mass is 16.5. The number of ether oxygens (including phenoxy) is 2. The Bertz CT molecular complexity index is 1430. The molecule has 0 atom stereocenters. The number of piperidine rings is 1. The van der Waals surface area contributed by atoms with E-state index in [2.05, 4.69) is 50.3 Å². The van der Waals surface area contributed by atoms with Crippen molar-refractivity contribution in [1.29, 1.82) is 0 Å². The molecule has 4 heterocycles. The monoisotopic (exact) mass is 499 g/mol. The number of methoxy groups -OCH3 is 1. The van der Waals surface area contributed by atoms with Crippen LogP contribution in [-0.4, -0.2) is 57.6 Å². The second-order valence-electron chi connectivity index (χ2n) is 8.93. The Morgan fingerprint density at radius 3 is 2.81 bits per heavy atom. The van der Waals surface area contributed by atoms with Crippen LogP contribution in [-0.2, 0) is 4.79 Å². The van der Waals surface area contributed by atoms with Gasteiger partial charge in [0.2, 0.25) is 11.8 Å². The fourth-order valence-corrected chi connectivity index (χ4v) is 4.37. The maximum atomic E-state index is 11.7. The van der Waals surface area contributed by atoms with Crippen molar-refractivity contribution in [2.24, 2.45) is 0 Å². The summed E-state index contributed by atoms with van der Waals surface area (Å²) < 4.78 is 13.4. The molecule has 190 valence electrons. The third kappa shape index (κ3) is 5.54. The van der Waals surface area contributed by atoms with Crippen molar-refractivity contribution >= 4 is 28.9 Å². The van der Waals surface area contributed by atoms with Gasteiger partial charge in [0.25, 0.3) is 0 Å². The molecule has 10 nitrogen and oxygen atoms in total. The fourth-order valence-electron chi connectivity index (χ4n) is 4.37. The summed E-state index contributed by atoms with van der Waals surface area (Å²) in [4.78, 5) is 23.3. The molecule has 0 bridgehead atoms. The van der Waals surface area contributed by atoms with Crippen LogP contribution in [0.4, 0.5) is 17.3 Å². The van der Waals surface area contributed by atoms with Crippen molar-refractivity contribution in [3.63, 3.8) is 0 Å². The number of aromatic nitrogens is 4.